The highest BCUT2D eigenvalue weighted by atomic mass is 35.5. The molecule has 3 rings (SSSR count). The normalized spacial score (nSPS) is 10.9. The first-order valence-electron chi connectivity index (χ1n) is 6.98. The molecule has 0 atom stereocenters. The van der Waals surface area contributed by atoms with Crippen molar-refractivity contribution in [2.24, 2.45) is 7.05 Å². The fraction of sp³-hybridized carbons (Fsp3) is 0.133. The minimum Gasteiger partial charge on any atom is -0.322 e. The lowest BCUT2D eigenvalue weighted by Crippen LogP contribution is -2.15. The maximum Gasteiger partial charge on any atom is 0.239 e. The summed E-state index contributed by atoms with van der Waals surface area (Å²) in [5.41, 5.74) is -0.289. The zero-order valence-electron chi connectivity index (χ0n) is 12.8. The van der Waals surface area contributed by atoms with Crippen LogP contribution in [0.1, 0.15) is 0 Å². The van der Waals surface area contributed by atoms with Gasteiger partial charge in [0.2, 0.25) is 5.91 Å². The van der Waals surface area contributed by atoms with Gasteiger partial charge in [-0.2, -0.15) is 10.2 Å². The van der Waals surface area contributed by atoms with Crippen LogP contribution in [0.15, 0.2) is 24.5 Å². The number of H-pyrrole nitrogens is 1. The average Bonchev–Trinajstić information content (AvgIpc) is 3.21. The quantitative estimate of drug-likeness (QED) is 0.548. The molecule has 0 aliphatic rings. The number of benzene rings is 1. The number of aromatic nitrogens is 4. The molecule has 0 saturated heterocycles. The van der Waals surface area contributed by atoms with Crippen molar-refractivity contribution in [2.75, 3.05) is 11.2 Å². The highest BCUT2D eigenvalue weighted by Crippen LogP contribution is 2.32. The highest BCUT2D eigenvalue weighted by Gasteiger charge is 2.23. The van der Waals surface area contributed by atoms with Crippen molar-refractivity contribution in [1.29, 1.82) is 0 Å². The van der Waals surface area contributed by atoms with Crippen molar-refractivity contribution in [1.82, 2.24) is 20.0 Å². The number of alkyl halides is 1. The molecule has 0 aliphatic carbocycles. The van der Waals surface area contributed by atoms with Gasteiger partial charge in [0.25, 0.3) is 0 Å². The maximum atomic E-state index is 14.3. The van der Waals surface area contributed by atoms with Crippen molar-refractivity contribution >= 4 is 23.2 Å². The number of carbonyl (C=O) groups excluding carboxylic acids is 1. The van der Waals surface area contributed by atoms with Crippen LogP contribution in [0.25, 0.3) is 22.5 Å². The number of nitrogens with one attached hydrogen (secondary N) is 2. The molecule has 3 aromatic rings. The van der Waals surface area contributed by atoms with E-state index < -0.39 is 40.5 Å². The van der Waals surface area contributed by atoms with Crippen LogP contribution in [0.5, 0.6) is 0 Å². The van der Waals surface area contributed by atoms with Gasteiger partial charge in [-0.1, -0.05) is 0 Å². The minimum atomic E-state index is -1.45. The van der Waals surface area contributed by atoms with Crippen LogP contribution >= 0.6 is 11.6 Å². The van der Waals surface area contributed by atoms with E-state index in [1.54, 1.807) is 17.9 Å². The van der Waals surface area contributed by atoms with Gasteiger partial charge in [-0.05, 0) is 6.07 Å². The largest absolute Gasteiger partial charge is 0.322 e. The van der Waals surface area contributed by atoms with E-state index in [1.807, 2.05) is 5.32 Å². The molecule has 1 amide bonds. The zero-order chi connectivity index (χ0) is 18.1. The molecule has 0 fully saturated rings. The lowest BCUT2D eigenvalue weighted by molar-refractivity contribution is -0.113. The van der Waals surface area contributed by atoms with Crippen LogP contribution in [0.2, 0.25) is 0 Å². The topological polar surface area (TPSA) is 75.6 Å². The van der Waals surface area contributed by atoms with Crippen molar-refractivity contribution in [3.05, 3.63) is 42.0 Å². The zero-order valence-corrected chi connectivity index (χ0v) is 13.5. The fourth-order valence-corrected chi connectivity index (χ4v) is 2.33. The SMILES string of the molecule is Cn1cc(-c2cc(-c3c(F)cc(NC(=O)CCl)c(F)c3F)[nH]n2)cn1. The molecule has 2 heterocycles. The Balaban J connectivity index is 2.02. The Bertz CT molecular complexity index is 953. The monoisotopic (exact) mass is 369 g/mol. The van der Waals surface area contributed by atoms with E-state index in [-0.39, 0.29) is 5.69 Å². The number of anilines is 1. The second-order valence-corrected chi connectivity index (χ2v) is 5.43. The summed E-state index contributed by atoms with van der Waals surface area (Å²) >= 11 is 5.28. The molecule has 0 saturated carbocycles. The number of hydrogen-bond acceptors (Lipinski definition) is 3. The van der Waals surface area contributed by atoms with Gasteiger partial charge in [0.05, 0.1) is 28.8 Å². The molecule has 6 nitrogen and oxygen atoms in total. The van der Waals surface area contributed by atoms with Crippen LogP contribution in [-0.4, -0.2) is 31.8 Å². The maximum absolute atomic E-state index is 14.3. The minimum absolute atomic E-state index is 0.0528. The number of aromatic amines is 1. The Morgan fingerprint density at radius 2 is 2.08 bits per heavy atom. The van der Waals surface area contributed by atoms with E-state index in [4.69, 9.17) is 11.6 Å². The van der Waals surface area contributed by atoms with Crippen LogP contribution in [0.4, 0.5) is 18.9 Å². The second kappa shape index (κ2) is 6.60. The van der Waals surface area contributed by atoms with Crippen LogP contribution in [-0.2, 0) is 11.8 Å². The molecule has 0 aliphatic heterocycles. The number of rotatable bonds is 4. The lowest BCUT2D eigenvalue weighted by atomic mass is 10.1. The van der Waals surface area contributed by atoms with Crippen molar-refractivity contribution in [3.8, 4) is 22.5 Å². The van der Waals surface area contributed by atoms with Crippen molar-refractivity contribution < 1.29 is 18.0 Å². The van der Waals surface area contributed by atoms with E-state index in [9.17, 15) is 18.0 Å². The third kappa shape index (κ3) is 3.22. The number of aryl methyl sites for hydroxylation is 1. The smallest absolute Gasteiger partial charge is 0.239 e. The van der Waals surface area contributed by atoms with E-state index in [1.165, 1.54) is 12.3 Å². The van der Waals surface area contributed by atoms with Gasteiger partial charge >= 0.3 is 0 Å². The van der Waals surface area contributed by atoms with Crippen LogP contribution in [0.3, 0.4) is 0 Å². The molecule has 1 aromatic carbocycles. The van der Waals surface area contributed by atoms with Gasteiger partial charge in [-0.3, -0.25) is 14.6 Å². The summed E-state index contributed by atoms with van der Waals surface area (Å²) in [5.74, 6) is -5.17. The Morgan fingerprint density at radius 3 is 2.72 bits per heavy atom. The molecule has 130 valence electrons. The summed E-state index contributed by atoms with van der Waals surface area (Å²) in [6, 6.07) is 2.05. The van der Waals surface area contributed by atoms with Crippen molar-refractivity contribution in [2.45, 2.75) is 0 Å². The average molecular weight is 370 g/mol. The summed E-state index contributed by atoms with van der Waals surface area (Å²) in [4.78, 5) is 11.2. The molecular weight excluding hydrogens is 359 g/mol. The molecular formula is C15H11ClF3N5O. The third-order valence-corrected chi connectivity index (χ3v) is 3.64. The highest BCUT2D eigenvalue weighted by molar-refractivity contribution is 6.29. The summed E-state index contributed by atoms with van der Waals surface area (Å²) in [6.07, 6.45) is 3.19. The van der Waals surface area contributed by atoms with Gasteiger partial charge < -0.3 is 5.32 Å². The van der Waals surface area contributed by atoms with Crippen LogP contribution < -0.4 is 5.32 Å². The predicted molar refractivity (Wildman–Crippen MR) is 85.4 cm³/mol. The first kappa shape index (κ1) is 17.0. The van der Waals surface area contributed by atoms with Gasteiger partial charge in [0.1, 0.15) is 11.7 Å². The Hall–Kier alpha value is -2.81. The summed E-state index contributed by atoms with van der Waals surface area (Å²) in [5, 5.41) is 12.4. The molecule has 0 bridgehead atoms. The number of nitrogens with zero attached hydrogens (tertiary/aromatic N) is 3. The van der Waals surface area contributed by atoms with Gasteiger partial charge in [-0.15, -0.1) is 11.6 Å². The third-order valence-electron chi connectivity index (χ3n) is 3.40. The Morgan fingerprint density at radius 1 is 1.32 bits per heavy atom. The Kier molecular flexibility index (Phi) is 4.49. The summed E-state index contributed by atoms with van der Waals surface area (Å²) in [7, 11) is 1.71. The Labute approximate surface area is 144 Å². The van der Waals surface area contributed by atoms with Gasteiger partial charge in [0.15, 0.2) is 11.6 Å². The van der Waals surface area contributed by atoms with E-state index in [0.717, 1.165) is 0 Å². The van der Waals surface area contributed by atoms with Crippen LogP contribution in [0, 0.1) is 17.5 Å². The molecule has 0 spiro atoms. The molecule has 2 N–H and O–H groups in total. The lowest BCUT2D eigenvalue weighted by Gasteiger charge is -2.09. The number of carbonyl (C=O) groups is 1. The van der Waals surface area contributed by atoms with Gasteiger partial charge in [0, 0.05) is 24.9 Å². The standard InChI is InChI=1S/C15H11ClF3N5O/c1-24-6-7(5-20-24)9-3-10(23-22-9)13-8(17)2-11(14(18)15(13)19)21-12(25)4-16/h2-3,5-6H,4H2,1H3,(H,21,25)(H,22,23). The number of halogens is 4. The second-order valence-electron chi connectivity index (χ2n) is 5.16. The van der Waals surface area contributed by atoms with E-state index >= 15 is 0 Å². The molecule has 0 radical (unpaired) electrons. The van der Waals surface area contributed by atoms with Gasteiger partial charge in [-0.25, -0.2) is 13.2 Å². The molecule has 25 heavy (non-hydrogen) atoms. The first-order chi connectivity index (χ1) is 11.9. The number of amides is 1. The fourth-order valence-electron chi connectivity index (χ4n) is 2.27. The van der Waals surface area contributed by atoms with E-state index in [2.05, 4.69) is 15.3 Å². The number of hydrogen-bond donors (Lipinski definition) is 2. The van der Waals surface area contributed by atoms with E-state index in [0.29, 0.717) is 17.3 Å². The summed E-state index contributed by atoms with van der Waals surface area (Å²) < 4.78 is 44.3. The molecule has 10 heteroatoms. The first-order valence-corrected chi connectivity index (χ1v) is 7.52. The predicted octanol–water partition coefficient (Wildman–Crippen LogP) is 3.07. The summed E-state index contributed by atoms with van der Waals surface area (Å²) in [6.45, 7) is 0. The molecule has 0 unspecified atom stereocenters. The van der Waals surface area contributed by atoms with Crippen molar-refractivity contribution in [3.63, 3.8) is 0 Å². The molecule has 2 aromatic heterocycles.